The van der Waals surface area contributed by atoms with Crippen LogP contribution in [0.4, 0.5) is 14.9 Å². The van der Waals surface area contributed by atoms with Gasteiger partial charge in [-0.1, -0.05) is 29.8 Å². The van der Waals surface area contributed by atoms with Crippen molar-refractivity contribution in [2.75, 3.05) is 11.9 Å². The predicted molar refractivity (Wildman–Crippen MR) is 83.0 cm³/mol. The lowest BCUT2D eigenvalue weighted by molar-refractivity contribution is 0.252. The van der Waals surface area contributed by atoms with Gasteiger partial charge in [0.05, 0.1) is 0 Å². The summed E-state index contributed by atoms with van der Waals surface area (Å²) in [5, 5.41) is 5.58. The molecule has 0 atom stereocenters. The predicted octanol–water partition coefficient (Wildman–Crippen LogP) is 3.81. The number of aryl methyl sites for hydroxylation is 2. The fraction of sp³-hybridized carbons (Fsp3) is 0.235. The van der Waals surface area contributed by atoms with Gasteiger partial charge in [0.15, 0.2) is 0 Å². The molecule has 0 radical (unpaired) electrons. The van der Waals surface area contributed by atoms with Gasteiger partial charge < -0.3 is 10.6 Å². The highest BCUT2D eigenvalue weighted by Crippen LogP contribution is 2.15. The van der Waals surface area contributed by atoms with Crippen molar-refractivity contribution in [3.8, 4) is 0 Å². The van der Waals surface area contributed by atoms with Crippen LogP contribution in [0.1, 0.15) is 16.7 Å². The highest BCUT2D eigenvalue weighted by molar-refractivity contribution is 5.90. The van der Waals surface area contributed by atoms with Gasteiger partial charge in [-0.25, -0.2) is 9.18 Å². The number of benzene rings is 2. The molecule has 0 unspecified atom stereocenters. The highest BCUT2D eigenvalue weighted by Gasteiger charge is 2.04. The molecule has 2 N–H and O–H groups in total. The summed E-state index contributed by atoms with van der Waals surface area (Å²) in [6, 6.07) is 12.0. The van der Waals surface area contributed by atoms with Crippen LogP contribution < -0.4 is 10.6 Å². The molecule has 110 valence electrons. The molecule has 0 spiro atoms. The summed E-state index contributed by atoms with van der Waals surface area (Å²) in [4.78, 5) is 11.8. The fourth-order valence-corrected chi connectivity index (χ4v) is 2.13. The van der Waals surface area contributed by atoms with Crippen molar-refractivity contribution in [2.24, 2.45) is 0 Å². The van der Waals surface area contributed by atoms with Crippen molar-refractivity contribution in [1.82, 2.24) is 5.32 Å². The van der Waals surface area contributed by atoms with E-state index >= 15 is 0 Å². The second-order valence-electron chi connectivity index (χ2n) is 5.08. The third kappa shape index (κ3) is 4.60. The van der Waals surface area contributed by atoms with Gasteiger partial charge in [0.25, 0.3) is 0 Å². The Balaban J connectivity index is 1.82. The van der Waals surface area contributed by atoms with E-state index in [0.29, 0.717) is 13.0 Å². The van der Waals surface area contributed by atoms with E-state index < -0.39 is 0 Å². The first kappa shape index (κ1) is 15.0. The zero-order valence-electron chi connectivity index (χ0n) is 12.2. The molecule has 3 nitrogen and oxygen atoms in total. The van der Waals surface area contributed by atoms with E-state index in [9.17, 15) is 9.18 Å². The van der Waals surface area contributed by atoms with Crippen LogP contribution in [0.2, 0.25) is 0 Å². The topological polar surface area (TPSA) is 41.1 Å². The quantitative estimate of drug-likeness (QED) is 0.881. The zero-order chi connectivity index (χ0) is 15.2. The first-order valence-electron chi connectivity index (χ1n) is 6.91. The molecule has 2 amide bonds. The van der Waals surface area contributed by atoms with E-state index in [1.807, 2.05) is 38.1 Å². The van der Waals surface area contributed by atoms with E-state index in [1.54, 1.807) is 6.07 Å². The number of rotatable bonds is 4. The van der Waals surface area contributed by atoms with Crippen LogP contribution >= 0.6 is 0 Å². The number of anilines is 1. The van der Waals surface area contributed by atoms with Gasteiger partial charge in [-0.15, -0.1) is 0 Å². The van der Waals surface area contributed by atoms with Crippen LogP contribution in [0.5, 0.6) is 0 Å². The number of urea groups is 1. The molecule has 2 rings (SSSR count). The van der Waals surface area contributed by atoms with E-state index in [4.69, 9.17) is 0 Å². The lowest BCUT2D eigenvalue weighted by Gasteiger charge is -2.10. The maximum Gasteiger partial charge on any atom is 0.319 e. The second-order valence-corrected chi connectivity index (χ2v) is 5.08. The summed E-state index contributed by atoms with van der Waals surface area (Å²) >= 11 is 0. The van der Waals surface area contributed by atoms with E-state index in [-0.39, 0.29) is 11.8 Å². The van der Waals surface area contributed by atoms with Crippen molar-refractivity contribution >= 4 is 11.7 Å². The Labute approximate surface area is 124 Å². The van der Waals surface area contributed by atoms with Gasteiger partial charge in [0.1, 0.15) is 5.82 Å². The second kappa shape index (κ2) is 6.88. The van der Waals surface area contributed by atoms with Crippen molar-refractivity contribution in [1.29, 1.82) is 0 Å². The van der Waals surface area contributed by atoms with Crippen LogP contribution in [0, 0.1) is 19.7 Å². The molecule has 0 bridgehead atoms. The van der Waals surface area contributed by atoms with Crippen molar-refractivity contribution < 1.29 is 9.18 Å². The van der Waals surface area contributed by atoms with Gasteiger partial charge in [-0.3, -0.25) is 0 Å². The molecule has 0 aliphatic rings. The normalized spacial score (nSPS) is 10.2. The summed E-state index contributed by atoms with van der Waals surface area (Å²) in [6.45, 7) is 4.42. The van der Waals surface area contributed by atoms with Gasteiger partial charge in [-0.2, -0.15) is 0 Å². The summed E-state index contributed by atoms with van der Waals surface area (Å²) < 4.78 is 13.0. The average Bonchev–Trinajstić information content (AvgIpc) is 2.42. The molecule has 0 saturated heterocycles. The Morgan fingerprint density at radius 3 is 2.67 bits per heavy atom. The van der Waals surface area contributed by atoms with Gasteiger partial charge in [-0.05, 0) is 49.6 Å². The van der Waals surface area contributed by atoms with E-state index in [2.05, 4.69) is 10.6 Å². The third-order valence-corrected chi connectivity index (χ3v) is 3.22. The summed E-state index contributed by atoms with van der Waals surface area (Å²) in [5.74, 6) is -0.257. The molecule has 0 aromatic heterocycles. The van der Waals surface area contributed by atoms with Gasteiger partial charge >= 0.3 is 6.03 Å². The van der Waals surface area contributed by atoms with Crippen LogP contribution in [-0.4, -0.2) is 12.6 Å². The molecule has 0 aliphatic heterocycles. The standard InChI is InChI=1S/C17H19FN2O/c1-12-6-7-16(13(2)10-12)20-17(21)19-9-8-14-4-3-5-15(18)11-14/h3-7,10-11H,8-9H2,1-2H3,(H2,19,20,21). The average molecular weight is 286 g/mol. The number of hydrogen-bond donors (Lipinski definition) is 2. The molecule has 0 aliphatic carbocycles. The van der Waals surface area contributed by atoms with Crippen molar-refractivity contribution in [3.05, 3.63) is 65.0 Å². The number of amides is 2. The van der Waals surface area contributed by atoms with Crippen molar-refractivity contribution in [3.63, 3.8) is 0 Å². The van der Waals surface area contributed by atoms with Crippen LogP contribution in [0.3, 0.4) is 0 Å². The molecule has 0 saturated carbocycles. The molecule has 21 heavy (non-hydrogen) atoms. The highest BCUT2D eigenvalue weighted by atomic mass is 19.1. The Morgan fingerprint density at radius 2 is 1.95 bits per heavy atom. The van der Waals surface area contributed by atoms with Gasteiger partial charge in [0, 0.05) is 12.2 Å². The Morgan fingerprint density at radius 1 is 1.14 bits per heavy atom. The lowest BCUT2D eigenvalue weighted by atomic mass is 10.1. The molecular weight excluding hydrogens is 267 g/mol. The minimum absolute atomic E-state index is 0.252. The summed E-state index contributed by atoms with van der Waals surface area (Å²) in [5.41, 5.74) is 3.84. The largest absolute Gasteiger partial charge is 0.338 e. The first-order chi connectivity index (χ1) is 10.0. The molecule has 2 aromatic rings. The molecule has 0 heterocycles. The fourth-order valence-electron chi connectivity index (χ4n) is 2.13. The molecular formula is C17H19FN2O. The number of carbonyl (C=O) groups excluding carboxylic acids is 1. The molecule has 4 heteroatoms. The lowest BCUT2D eigenvalue weighted by Crippen LogP contribution is -2.30. The molecule has 2 aromatic carbocycles. The Kier molecular flexibility index (Phi) is 4.93. The monoisotopic (exact) mass is 286 g/mol. The zero-order valence-corrected chi connectivity index (χ0v) is 12.2. The van der Waals surface area contributed by atoms with Gasteiger partial charge in [0.2, 0.25) is 0 Å². The number of carbonyl (C=O) groups is 1. The Bertz CT molecular complexity index is 640. The summed E-state index contributed by atoms with van der Waals surface area (Å²) in [6.07, 6.45) is 0.595. The SMILES string of the molecule is Cc1ccc(NC(=O)NCCc2cccc(F)c2)c(C)c1. The smallest absolute Gasteiger partial charge is 0.319 e. The minimum atomic E-state index is -0.257. The number of hydrogen-bond acceptors (Lipinski definition) is 1. The van der Waals surface area contributed by atoms with Crippen LogP contribution in [0.15, 0.2) is 42.5 Å². The van der Waals surface area contributed by atoms with Crippen molar-refractivity contribution in [2.45, 2.75) is 20.3 Å². The van der Waals surface area contributed by atoms with E-state index in [0.717, 1.165) is 22.4 Å². The molecule has 0 fully saturated rings. The van der Waals surface area contributed by atoms with E-state index in [1.165, 1.54) is 12.1 Å². The third-order valence-electron chi connectivity index (χ3n) is 3.22. The maximum atomic E-state index is 13.0. The first-order valence-corrected chi connectivity index (χ1v) is 6.91. The number of nitrogens with one attached hydrogen (secondary N) is 2. The maximum absolute atomic E-state index is 13.0. The number of halogens is 1. The summed E-state index contributed by atoms with van der Waals surface area (Å²) in [7, 11) is 0. The van der Waals surface area contributed by atoms with Crippen LogP contribution in [0.25, 0.3) is 0 Å². The van der Waals surface area contributed by atoms with Crippen LogP contribution in [-0.2, 0) is 6.42 Å². The minimum Gasteiger partial charge on any atom is -0.338 e. The Hall–Kier alpha value is -2.36.